The third-order valence-electron chi connectivity index (χ3n) is 2.58. The summed E-state index contributed by atoms with van der Waals surface area (Å²) in [7, 11) is 0. The van der Waals surface area contributed by atoms with Crippen LogP contribution in [0.5, 0.6) is 0 Å². The van der Waals surface area contributed by atoms with E-state index in [2.05, 4.69) is 21.0 Å². The maximum atomic E-state index is 5.50. The van der Waals surface area contributed by atoms with Gasteiger partial charge in [0.2, 0.25) is 0 Å². The Morgan fingerprint density at radius 2 is 1.94 bits per heavy atom. The molecule has 0 aromatic heterocycles. The molecular formula is C13H23N5. The van der Waals surface area contributed by atoms with Crippen LogP contribution in [0.25, 0.3) is 0 Å². The number of hydrazine groups is 1. The SMILES string of the molecule is C/C=C\C=C/N/C=C(\NN)N1CC(N/C=C\C)C1. The van der Waals surface area contributed by atoms with Gasteiger partial charge in [-0.25, -0.2) is 5.84 Å². The van der Waals surface area contributed by atoms with E-state index in [-0.39, 0.29) is 0 Å². The van der Waals surface area contributed by atoms with Gasteiger partial charge < -0.3 is 21.0 Å². The van der Waals surface area contributed by atoms with Crippen LogP contribution in [0, 0.1) is 0 Å². The largest absolute Gasteiger partial charge is 0.385 e. The Labute approximate surface area is 109 Å². The second-order valence-electron chi connectivity index (χ2n) is 3.99. The molecule has 0 unspecified atom stereocenters. The lowest BCUT2D eigenvalue weighted by Crippen LogP contribution is -2.58. The van der Waals surface area contributed by atoms with Gasteiger partial charge in [0.05, 0.1) is 6.04 Å². The molecule has 0 atom stereocenters. The Bertz CT molecular complexity index is 337. The highest BCUT2D eigenvalue weighted by molar-refractivity contribution is 5.08. The van der Waals surface area contributed by atoms with E-state index >= 15 is 0 Å². The second kappa shape index (κ2) is 8.25. The first-order valence-electron chi connectivity index (χ1n) is 6.14. The van der Waals surface area contributed by atoms with Crippen LogP contribution in [0.2, 0.25) is 0 Å². The average Bonchev–Trinajstić information content (AvgIpc) is 2.34. The molecule has 5 N–H and O–H groups in total. The molecule has 1 fully saturated rings. The molecule has 5 nitrogen and oxygen atoms in total. The Morgan fingerprint density at radius 1 is 1.17 bits per heavy atom. The maximum absolute atomic E-state index is 5.50. The van der Waals surface area contributed by atoms with Crippen molar-refractivity contribution >= 4 is 0 Å². The van der Waals surface area contributed by atoms with E-state index in [0.717, 1.165) is 18.9 Å². The normalized spacial score (nSPS) is 17.7. The van der Waals surface area contributed by atoms with E-state index in [1.165, 1.54) is 0 Å². The average molecular weight is 249 g/mol. The van der Waals surface area contributed by atoms with Crippen LogP contribution in [0.3, 0.4) is 0 Å². The van der Waals surface area contributed by atoms with Gasteiger partial charge in [0, 0.05) is 25.5 Å². The van der Waals surface area contributed by atoms with E-state index < -0.39 is 0 Å². The first kappa shape index (κ1) is 14.2. The maximum Gasteiger partial charge on any atom is 0.132 e. The van der Waals surface area contributed by atoms with E-state index in [1.54, 1.807) is 0 Å². The van der Waals surface area contributed by atoms with Crippen LogP contribution >= 0.6 is 0 Å². The van der Waals surface area contributed by atoms with Gasteiger partial charge in [-0.2, -0.15) is 0 Å². The monoisotopic (exact) mass is 249 g/mol. The first-order valence-corrected chi connectivity index (χ1v) is 6.14. The smallest absolute Gasteiger partial charge is 0.132 e. The fourth-order valence-electron chi connectivity index (χ4n) is 1.59. The summed E-state index contributed by atoms with van der Waals surface area (Å²) in [5, 5.41) is 6.37. The third-order valence-corrected chi connectivity index (χ3v) is 2.58. The molecule has 0 spiro atoms. The summed E-state index contributed by atoms with van der Waals surface area (Å²) in [6.07, 6.45) is 13.5. The van der Waals surface area contributed by atoms with Gasteiger partial charge in [-0.1, -0.05) is 18.2 Å². The van der Waals surface area contributed by atoms with Crippen LogP contribution in [0.4, 0.5) is 0 Å². The molecule has 1 aliphatic rings. The van der Waals surface area contributed by atoms with Crippen molar-refractivity contribution in [1.29, 1.82) is 0 Å². The van der Waals surface area contributed by atoms with E-state index in [4.69, 9.17) is 5.84 Å². The summed E-state index contributed by atoms with van der Waals surface area (Å²) in [4.78, 5) is 2.16. The molecule has 1 heterocycles. The molecule has 0 aromatic rings. The molecule has 0 saturated carbocycles. The van der Waals surface area contributed by atoms with Crippen molar-refractivity contribution in [3.63, 3.8) is 0 Å². The highest BCUT2D eigenvalue weighted by Crippen LogP contribution is 2.12. The van der Waals surface area contributed by atoms with Crippen LogP contribution in [-0.2, 0) is 0 Å². The lowest BCUT2D eigenvalue weighted by molar-refractivity contribution is 0.169. The lowest BCUT2D eigenvalue weighted by atomic mass is 10.1. The number of rotatable bonds is 7. The zero-order valence-electron chi connectivity index (χ0n) is 11.1. The summed E-state index contributed by atoms with van der Waals surface area (Å²) in [5.74, 6) is 6.38. The Morgan fingerprint density at radius 3 is 2.56 bits per heavy atom. The predicted octanol–water partition coefficient (Wildman–Crippen LogP) is 0.735. The van der Waals surface area contributed by atoms with E-state index in [9.17, 15) is 0 Å². The number of nitrogens with zero attached hydrogens (tertiary/aromatic N) is 1. The minimum absolute atomic E-state index is 0.497. The molecule has 0 bridgehead atoms. The van der Waals surface area contributed by atoms with Crippen LogP contribution in [0.1, 0.15) is 13.8 Å². The van der Waals surface area contributed by atoms with Crippen molar-refractivity contribution in [2.75, 3.05) is 13.1 Å². The summed E-state index contributed by atoms with van der Waals surface area (Å²) in [5.41, 5.74) is 2.70. The lowest BCUT2D eigenvalue weighted by Gasteiger charge is -2.41. The number of allylic oxidation sites excluding steroid dienone is 4. The van der Waals surface area contributed by atoms with Gasteiger partial charge in [0.1, 0.15) is 5.82 Å². The van der Waals surface area contributed by atoms with Crippen molar-refractivity contribution in [2.24, 2.45) is 5.84 Å². The molecule has 1 saturated heterocycles. The zero-order valence-corrected chi connectivity index (χ0v) is 11.1. The topological polar surface area (TPSA) is 65.3 Å². The number of nitrogens with one attached hydrogen (secondary N) is 3. The molecule has 1 aliphatic heterocycles. The van der Waals surface area contributed by atoms with Gasteiger partial charge in [-0.15, -0.1) is 0 Å². The highest BCUT2D eigenvalue weighted by atomic mass is 15.4. The predicted molar refractivity (Wildman–Crippen MR) is 75.8 cm³/mol. The van der Waals surface area contributed by atoms with Crippen molar-refractivity contribution in [1.82, 2.24) is 21.0 Å². The van der Waals surface area contributed by atoms with Crippen LogP contribution in [-0.4, -0.2) is 24.0 Å². The number of hydrogen-bond donors (Lipinski definition) is 4. The van der Waals surface area contributed by atoms with Crippen LogP contribution < -0.4 is 21.9 Å². The molecule has 100 valence electrons. The Balaban J connectivity index is 2.32. The van der Waals surface area contributed by atoms with Crippen molar-refractivity contribution in [3.05, 3.63) is 48.7 Å². The van der Waals surface area contributed by atoms with E-state index in [0.29, 0.717) is 6.04 Å². The van der Waals surface area contributed by atoms with Crippen molar-refractivity contribution in [2.45, 2.75) is 19.9 Å². The van der Waals surface area contributed by atoms with E-state index in [1.807, 2.05) is 56.8 Å². The third kappa shape index (κ3) is 4.55. The fourth-order valence-corrected chi connectivity index (χ4v) is 1.59. The van der Waals surface area contributed by atoms with Gasteiger partial charge in [0.15, 0.2) is 0 Å². The standard InChI is InChI=1S/C13H23N5/c1-3-5-6-8-15-9-13(17-14)18-10-12(11-18)16-7-4-2/h3-9,12,15-17H,10-11,14H2,1-2H3/b5-3-,7-4-,8-6-,13-9+. The minimum atomic E-state index is 0.497. The van der Waals surface area contributed by atoms with Crippen molar-refractivity contribution < 1.29 is 0 Å². The molecule has 0 aromatic carbocycles. The van der Waals surface area contributed by atoms with Crippen LogP contribution in [0.15, 0.2) is 48.7 Å². The fraction of sp³-hybridized carbons (Fsp3) is 0.385. The molecule has 0 amide bonds. The second-order valence-corrected chi connectivity index (χ2v) is 3.99. The minimum Gasteiger partial charge on any atom is -0.385 e. The van der Waals surface area contributed by atoms with Gasteiger partial charge in [-0.05, 0) is 26.1 Å². The molecule has 5 heteroatoms. The Kier molecular flexibility index (Phi) is 6.50. The van der Waals surface area contributed by atoms with Gasteiger partial charge in [-0.3, -0.25) is 0 Å². The highest BCUT2D eigenvalue weighted by Gasteiger charge is 2.26. The Hall–Kier alpha value is -1.88. The molecule has 1 rings (SSSR count). The van der Waals surface area contributed by atoms with Gasteiger partial charge in [0.25, 0.3) is 0 Å². The summed E-state index contributed by atoms with van der Waals surface area (Å²) in [6, 6.07) is 0.497. The molecule has 0 aliphatic carbocycles. The number of hydrogen-bond acceptors (Lipinski definition) is 5. The first-order chi connectivity index (χ1) is 8.81. The summed E-state index contributed by atoms with van der Waals surface area (Å²) < 4.78 is 0. The molecular weight excluding hydrogens is 226 g/mol. The summed E-state index contributed by atoms with van der Waals surface area (Å²) >= 11 is 0. The zero-order chi connectivity index (χ0) is 13.2. The molecule has 18 heavy (non-hydrogen) atoms. The summed E-state index contributed by atoms with van der Waals surface area (Å²) in [6.45, 7) is 5.86. The number of likely N-dealkylation sites (tertiary alicyclic amines) is 1. The van der Waals surface area contributed by atoms with Gasteiger partial charge >= 0.3 is 0 Å². The number of nitrogens with two attached hydrogens (primary N) is 1. The van der Waals surface area contributed by atoms with Crippen molar-refractivity contribution in [3.8, 4) is 0 Å². The quantitative estimate of drug-likeness (QED) is 0.304. The molecule has 0 radical (unpaired) electrons.